The molecule has 2 aliphatic heterocycles. The van der Waals surface area contributed by atoms with E-state index in [1.54, 1.807) is 7.11 Å². The first-order valence-corrected chi connectivity index (χ1v) is 11.2. The highest BCUT2D eigenvalue weighted by Gasteiger charge is 2.33. The lowest BCUT2D eigenvalue weighted by Crippen LogP contribution is -2.53. The van der Waals surface area contributed by atoms with Gasteiger partial charge in [0.15, 0.2) is 5.96 Å². The van der Waals surface area contributed by atoms with Gasteiger partial charge in [-0.05, 0) is 45.4 Å². The zero-order valence-corrected chi connectivity index (χ0v) is 19.2. The van der Waals surface area contributed by atoms with Crippen LogP contribution in [0, 0.1) is 17.8 Å². The molecule has 2 heterocycles. The van der Waals surface area contributed by atoms with Crippen LogP contribution in [0.5, 0.6) is 0 Å². The fourth-order valence-electron chi connectivity index (χ4n) is 4.50. The van der Waals surface area contributed by atoms with E-state index in [1.807, 2.05) is 0 Å². The SMILES string of the molecule is CCNC(=NCC(C)(C)N1CC(C)CC(C)C1)N1CCC(COCCOC)C1. The lowest BCUT2D eigenvalue weighted by atomic mass is 9.88. The lowest BCUT2D eigenvalue weighted by Gasteiger charge is -2.44. The molecule has 0 amide bonds. The van der Waals surface area contributed by atoms with Crippen molar-refractivity contribution in [1.82, 2.24) is 15.1 Å². The van der Waals surface area contributed by atoms with Crippen LogP contribution in [-0.4, -0.2) is 87.5 Å². The highest BCUT2D eigenvalue weighted by atomic mass is 16.5. The summed E-state index contributed by atoms with van der Waals surface area (Å²) in [6, 6.07) is 0. The van der Waals surface area contributed by atoms with Gasteiger partial charge in [0.2, 0.25) is 0 Å². The maximum absolute atomic E-state index is 5.74. The van der Waals surface area contributed by atoms with Gasteiger partial charge in [-0.15, -0.1) is 0 Å². The summed E-state index contributed by atoms with van der Waals surface area (Å²) in [5, 5.41) is 3.51. The summed E-state index contributed by atoms with van der Waals surface area (Å²) >= 11 is 0. The number of hydrogen-bond acceptors (Lipinski definition) is 4. The van der Waals surface area contributed by atoms with Crippen molar-refractivity contribution in [3.63, 3.8) is 0 Å². The molecule has 0 saturated carbocycles. The predicted octanol–water partition coefficient (Wildman–Crippen LogP) is 2.69. The van der Waals surface area contributed by atoms with E-state index >= 15 is 0 Å². The number of rotatable bonds is 9. The van der Waals surface area contributed by atoms with Crippen molar-refractivity contribution in [3.05, 3.63) is 0 Å². The molecule has 0 spiro atoms. The number of ether oxygens (including phenoxy) is 2. The van der Waals surface area contributed by atoms with Gasteiger partial charge in [0.05, 0.1) is 26.4 Å². The van der Waals surface area contributed by atoms with E-state index in [0.29, 0.717) is 19.1 Å². The Balaban J connectivity index is 1.90. The summed E-state index contributed by atoms with van der Waals surface area (Å²) in [7, 11) is 1.71. The average molecular weight is 397 g/mol. The molecule has 1 N–H and O–H groups in total. The third kappa shape index (κ3) is 7.20. The number of guanidine groups is 1. The Bertz CT molecular complexity index is 473. The molecule has 2 aliphatic rings. The van der Waals surface area contributed by atoms with E-state index in [2.05, 4.69) is 49.7 Å². The average Bonchev–Trinajstić information content (AvgIpc) is 3.10. The van der Waals surface area contributed by atoms with Gasteiger partial charge in [-0.2, -0.15) is 0 Å². The van der Waals surface area contributed by atoms with Crippen molar-refractivity contribution in [1.29, 1.82) is 0 Å². The van der Waals surface area contributed by atoms with Crippen LogP contribution in [0.3, 0.4) is 0 Å². The van der Waals surface area contributed by atoms with Crippen LogP contribution in [0.2, 0.25) is 0 Å². The van der Waals surface area contributed by atoms with Gasteiger partial charge in [-0.3, -0.25) is 9.89 Å². The number of hydrogen-bond donors (Lipinski definition) is 1. The van der Waals surface area contributed by atoms with Crippen molar-refractivity contribution >= 4 is 5.96 Å². The number of likely N-dealkylation sites (tertiary alicyclic amines) is 2. The van der Waals surface area contributed by atoms with Crippen molar-refractivity contribution in [2.75, 3.05) is 66.2 Å². The summed E-state index contributed by atoms with van der Waals surface area (Å²) < 4.78 is 10.8. The molecule has 0 aromatic carbocycles. The smallest absolute Gasteiger partial charge is 0.193 e. The van der Waals surface area contributed by atoms with E-state index < -0.39 is 0 Å². The molecule has 0 bridgehead atoms. The molecule has 3 unspecified atom stereocenters. The van der Waals surface area contributed by atoms with Gasteiger partial charge in [0.1, 0.15) is 0 Å². The molecule has 164 valence electrons. The second kappa shape index (κ2) is 11.4. The van der Waals surface area contributed by atoms with Gasteiger partial charge in [0.25, 0.3) is 0 Å². The third-order valence-corrected chi connectivity index (χ3v) is 6.05. The largest absolute Gasteiger partial charge is 0.382 e. The van der Waals surface area contributed by atoms with Crippen molar-refractivity contribution in [2.24, 2.45) is 22.7 Å². The zero-order valence-electron chi connectivity index (χ0n) is 19.2. The van der Waals surface area contributed by atoms with Crippen molar-refractivity contribution < 1.29 is 9.47 Å². The number of aliphatic imine (C=N–C) groups is 1. The lowest BCUT2D eigenvalue weighted by molar-refractivity contribution is 0.0509. The van der Waals surface area contributed by atoms with E-state index in [4.69, 9.17) is 14.5 Å². The Morgan fingerprint density at radius 3 is 2.50 bits per heavy atom. The summed E-state index contributed by atoms with van der Waals surface area (Å²) in [6.45, 7) is 20.0. The molecule has 0 aromatic heterocycles. The van der Waals surface area contributed by atoms with Crippen molar-refractivity contribution in [2.45, 2.75) is 53.0 Å². The fourth-order valence-corrected chi connectivity index (χ4v) is 4.50. The highest BCUT2D eigenvalue weighted by Crippen LogP contribution is 2.27. The maximum Gasteiger partial charge on any atom is 0.193 e. The predicted molar refractivity (Wildman–Crippen MR) is 117 cm³/mol. The Labute approximate surface area is 173 Å². The van der Waals surface area contributed by atoms with Crippen molar-refractivity contribution in [3.8, 4) is 0 Å². The van der Waals surface area contributed by atoms with Crippen LogP contribution in [-0.2, 0) is 9.47 Å². The van der Waals surface area contributed by atoms with E-state index in [0.717, 1.165) is 50.6 Å². The van der Waals surface area contributed by atoms with Crippen LogP contribution >= 0.6 is 0 Å². The minimum absolute atomic E-state index is 0.0893. The Morgan fingerprint density at radius 1 is 1.14 bits per heavy atom. The Hall–Kier alpha value is -0.850. The molecular weight excluding hydrogens is 352 g/mol. The van der Waals surface area contributed by atoms with E-state index in [9.17, 15) is 0 Å². The van der Waals surface area contributed by atoms with Crippen LogP contribution in [0.4, 0.5) is 0 Å². The molecule has 2 saturated heterocycles. The standard InChI is InChI=1S/C22H44N4O2/c1-7-23-21(25-9-8-20(15-25)16-28-11-10-27-6)24-17-22(4,5)26-13-18(2)12-19(3)14-26/h18-20H,7-17H2,1-6H3,(H,23,24). The molecular formula is C22H44N4O2. The molecule has 3 atom stereocenters. The molecule has 6 heteroatoms. The van der Waals surface area contributed by atoms with E-state index in [-0.39, 0.29) is 5.54 Å². The quantitative estimate of drug-likeness (QED) is 0.369. The third-order valence-electron chi connectivity index (χ3n) is 6.05. The normalized spacial score (nSPS) is 27.4. The molecule has 0 radical (unpaired) electrons. The first-order chi connectivity index (χ1) is 13.4. The second-order valence-electron chi connectivity index (χ2n) is 9.50. The highest BCUT2D eigenvalue weighted by molar-refractivity contribution is 5.80. The Morgan fingerprint density at radius 2 is 1.86 bits per heavy atom. The summed E-state index contributed by atoms with van der Waals surface area (Å²) in [4.78, 5) is 10.1. The molecule has 0 aliphatic carbocycles. The summed E-state index contributed by atoms with van der Waals surface area (Å²) in [5.74, 6) is 3.20. The molecule has 2 rings (SSSR count). The van der Waals surface area contributed by atoms with Gasteiger partial charge < -0.3 is 19.7 Å². The van der Waals surface area contributed by atoms with Crippen LogP contribution in [0.1, 0.15) is 47.5 Å². The molecule has 2 fully saturated rings. The van der Waals surface area contributed by atoms with Gasteiger partial charge in [-0.1, -0.05) is 13.8 Å². The monoisotopic (exact) mass is 396 g/mol. The minimum Gasteiger partial charge on any atom is -0.382 e. The molecule has 0 aromatic rings. The number of methoxy groups -OCH3 is 1. The first kappa shape index (κ1) is 23.4. The minimum atomic E-state index is 0.0893. The summed E-state index contributed by atoms with van der Waals surface area (Å²) in [6.07, 6.45) is 2.52. The van der Waals surface area contributed by atoms with Crippen LogP contribution < -0.4 is 5.32 Å². The second-order valence-corrected chi connectivity index (χ2v) is 9.50. The van der Waals surface area contributed by atoms with Crippen LogP contribution in [0.15, 0.2) is 4.99 Å². The number of nitrogens with one attached hydrogen (secondary N) is 1. The topological polar surface area (TPSA) is 49.3 Å². The fraction of sp³-hybridized carbons (Fsp3) is 0.955. The molecule has 6 nitrogen and oxygen atoms in total. The Kier molecular flexibility index (Phi) is 9.51. The summed E-state index contributed by atoms with van der Waals surface area (Å²) in [5.41, 5.74) is 0.0893. The molecule has 28 heavy (non-hydrogen) atoms. The van der Waals surface area contributed by atoms with Crippen LogP contribution in [0.25, 0.3) is 0 Å². The number of piperidine rings is 1. The van der Waals surface area contributed by atoms with Gasteiger partial charge in [0, 0.05) is 51.3 Å². The van der Waals surface area contributed by atoms with Gasteiger partial charge >= 0.3 is 0 Å². The number of nitrogens with zero attached hydrogens (tertiary/aromatic N) is 3. The maximum atomic E-state index is 5.74. The van der Waals surface area contributed by atoms with Gasteiger partial charge in [-0.25, -0.2) is 0 Å². The van der Waals surface area contributed by atoms with E-state index in [1.165, 1.54) is 25.9 Å². The first-order valence-electron chi connectivity index (χ1n) is 11.2. The zero-order chi connectivity index (χ0) is 20.6.